The molecule has 5 aromatic rings. The number of hydrogen-bond donors (Lipinski definition) is 2. The van der Waals surface area contributed by atoms with Gasteiger partial charge in [0.25, 0.3) is 0 Å². The Morgan fingerprint density at radius 3 is 2.38 bits per heavy atom. The highest BCUT2D eigenvalue weighted by atomic mass is 15.1. The fraction of sp³-hybridized carbons (Fsp3) is 0. The van der Waals surface area contributed by atoms with Crippen molar-refractivity contribution in [3.63, 3.8) is 0 Å². The molecule has 34 heavy (non-hydrogen) atoms. The van der Waals surface area contributed by atoms with Gasteiger partial charge in [0.1, 0.15) is 17.8 Å². The summed E-state index contributed by atoms with van der Waals surface area (Å²) >= 11 is 0. The summed E-state index contributed by atoms with van der Waals surface area (Å²) in [4.78, 5) is 25.4. The lowest BCUT2D eigenvalue weighted by Crippen LogP contribution is -2.02. The molecule has 0 fully saturated rings. The lowest BCUT2D eigenvalue weighted by molar-refractivity contribution is 1.17. The Morgan fingerprint density at radius 1 is 0.765 bits per heavy atom. The molecule has 3 N–H and O–H groups in total. The summed E-state index contributed by atoms with van der Waals surface area (Å²) < 4.78 is 0. The summed E-state index contributed by atoms with van der Waals surface area (Å²) in [5.74, 6) is 7.00. The summed E-state index contributed by atoms with van der Waals surface area (Å²) in [5.41, 5.74) is 11.8. The quantitative estimate of drug-likeness (QED) is 0.400. The minimum absolute atomic E-state index is 0.357. The summed E-state index contributed by atoms with van der Waals surface area (Å²) in [6.07, 6.45) is 10.1. The number of rotatable bonds is 4. The largest absolute Gasteiger partial charge is 0.383 e. The van der Waals surface area contributed by atoms with Gasteiger partial charge in [-0.05, 0) is 60.0 Å². The van der Waals surface area contributed by atoms with Gasteiger partial charge in [-0.2, -0.15) is 4.98 Å². The average Bonchev–Trinajstić information content (AvgIpc) is 2.90. The standard InChI is InChI=1S/C26H18N8/c27-25-23(24-3-1-2-11-31-24)16-32-26(34-25)33-21-7-4-18(5-8-21)6-9-22-13-19(10-12-30-22)20-14-28-17-29-15-20/h1-5,7-8,10-17H,(H3,27,32,33,34). The van der Waals surface area contributed by atoms with E-state index in [4.69, 9.17) is 5.73 Å². The van der Waals surface area contributed by atoms with Crippen molar-refractivity contribution in [2.75, 3.05) is 11.1 Å². The molecule has 0 aliphatic heterocycles. The molecule has 0 amide bonds. The number of nitrogen functional groups attached to an aromatic ring is 1. The summed E-state index contributed by atoms with van der Waals surface area (Å²) in [6.45, 7) is 0. The predicted octanol–water partition coefficient (Wildman–Crippen LogP) is 4.12. The first-order valence-corrected chi connectivity index (χ1v) is 10.4. The van der Waals surface area contributed by atoms with Crippen molar-refractivity contribution in [1.29, 1.82) is 0 Å². The first-order valence-electron chi connectivity index (χ1n) is 10.4. The van der Waals surface area contributed by atoms with Gasteiger partial charge in [-0.1, -0.05) is 12.0 Å². The number of nitrogens with zero attached hydrogens (tertiary/aromatic N) is 6. The Labute approximate surface area is 196 Å². The molecule has 0 aliphatic rings. The van der Waals surface area contributed by atoms with E-state index >= 15 is 0 Å². The van der Waals surface area contributed by atoms with E-state index in [0.29, 0.717) is 23.0 Å². The molecule has 0 bridgehead atoms. The highest BCUT2D eigenvalue weighted by Gasteiger charge is 2.08. The van der Waals surface area contributed by atoms with Crippen LogP contribution in [0.2, 0.25) is 0 Å². The van der Waals surface area contributed by atoms with E-state index in [1.165, 1.54) is 6.33 Å². The predicted molar refractivity (Wildman–Crippen MR) is 131 cm³/mol. The van der Waals surface area contributed by atoms with Crippen molar-refractivity contribution >= 4 is 17.5 Å². The van der Waals surface area contributed by atoms with Crippen molar-refractivity contribution in [2.24, 2.45) is 0 Å². The lowest BCUT2D eigenvalue weighted by atomic mass is 10.1. The molecule has 0 saturated heterocycles. The van der Waals surface area contributed by atoms with Gasteiger partial charge < -0.3 is 11.1 Å². The fourth-order valence-corrected chi connectivity index (χ4v) is 3.20. The maximum Gasteiger partial charge on any atom is 0.229 e. The minimum atomic E-state index is 0.357. The van der Waals surface area contributed by atoms with Gasteiger partial charge in [0.05, 0.1) is 11.3 Å². The highest BCUT2D eigenvalue weighted by molar-refractivity contribution is 5.71. The van der Waals surface area contributed by atoms with Crippen LogP contribution in [0.3, 0.4) is 0 Å². The molecule has 4 aromatic heterocycles. The van der Waals surface area contributed by atoms with Crippen LogP contribution in [0, 0.1) is 11.8 Å². The summed E-state index contributed by atoms with van der Waals surface area (Å²) in [5, 5.41) is 3.16. The second-order valence-electron chi connectivity index (χ2n) is 7.22. The molecule has 0 atom stereocenters. The molecule has 0 aliphatic carbocycles. The van der Waals surface area contributed by atoms with Gasteiger partial charge in [-0.3, -0.25) is 4.98 Å². The minimum Gasteiger partial charge on any atom is -0.383 e. The van der Waals surface area contributed by atoms with E-state index in [1.54, 1.807) is 31.0 Å². The van der Waals surface area contributed by atoms with E-state index < -0.39 is 0 Å². The molecule has 8 heteroatoms. The van der Waals surface area contributed by atoms with Crippen LogP contribution < -0.4 is 11.1 Å². The van der Waals surface area contributed by atoms with Gasteiger partial charge in [0.2, 0.25) is 5.95 Å². The maximum absolute atomic E-state index is 6.11. The van der Waals surface area contributed by atoms with Gasteiger partial charge in [0, 0.05) is 47.8 Å². The van der Waals surface area contributed by atoms with Crippen molar-refractivity contribution in [1.82, 2.24) is 29.9 Å². The zero-order valence-corrected chi connectivity index (χ0v) is 17.9. The molecule has 0 spiro atoms. The van der Waals surface area contributed by atoms with Crippen molar-refractivity contribution < 1.29 is 0 Å². The molecule has 0 unspecified atom stereocenters. The topological polar surface area (TPSA) is 115 Å². The summed E-state index contributed by atoms with van der Waals surface area (Å²) in [6, 6.07) is 17.1. The van der Waals surface area contributed by atoms with E-state index in [2.05, 4.69) is 47.1 Å². The van der Waals surface area contributed by atoms with Gasteiger partial charge in [0.15, 0.2) is 0 Å². The number of nitrogens with one attached hydrogen (secondary N) is 1. The molecular weight excluding hydrogens is 424 g/mol. The Morgan fingerprint density at radius 2 is 1.62 bits per heavy atom. The number of aromatic nitrogens is 6. The Balaban J connectivity index is 1.28. The van der Waals surface area contributed by atoms with Crippen molar-refractivity contribution in [3.05, 3.63) is 103 Å². The Bertz CT molecular complexity index is 1470. The third-order valence-corrected chi connectivity index (χ3v) is 4.89. The van der Waals surface area contributed by atoms with Crippen LogP contribution in [-0.4, -0.2) is 29.9 Å². The third kappa shape index (κ3) is 4.84. The van der Waals surface area contributed by atoms with Gasteiger partial charge >= 0.3 is 0 Å². The monoisotopic (exact) mass is 442 g/mol. The third-order valence-electron chi connectivity index (χ3n) is 4.89. The molecule has 0 radical (unpaired) electrons. The van der Waals surface area contributed by atoms with Gasteiger partial charge in [-0.15, -0.1) is 0 Å². The molecule has 0 saturated carbocycles. The van der Waals surface area contributed by atoms with Crippen LogP contribution in [0.5, 0.6) is 0 Å². The SMILES string of the molecule is Nc1nc(Nc2ccc(C#Cc3cc(-c4cncnc4)ccn3)cc2)ncc1-c1ccccn1. The molecule has 1 aromatic carbocycles. The first kappa shape index (κ1) is 20.7. The van der Waals surface area contributed by atoms with Crippen LogP contribution in [0.4, 0.5) is 17.5 Å². The molecule has 162 valence electrons. The van der Waals surface area contributed by atoms with E-state index in [0.717, 1.165) is 28.1 Å². The smallest absolute Gasteiger partial charge is 0.229 e. The molecule has 4 heterocycles. The van der Waals surface area contributed by atoms with Crippen LogP contribution in [0.15, 0.2) is 91.9 Å². The number of hydrogen-bond acceptors (Lipinski definition) is 8. The lowest BCUT2D eigenvalue weighted by Gasteiger charge is -2.08. The number of pyridine rings is 2. The zero-order valence-electron chi connectivity index (χ0n) is 17.9. The fourth-order valence-electron chi connectivity index (χ4n) is 3.20. The van der Waals surface area contributed by atoms with E-state index in [9.17, 15) is 0 Å². The summed E-state index contributed by atoms with van der Waals surface area (Å²) in [7, 11) is 0. The average molecular weight is 442 g/mol. The second kappa shape index (κ2) is 9.54. The normalized spacial score (nSPS) is 10.2. The van der Waals surface area contributed by atoms with Gasteiger partial charge in [-0.25, -0.2) is 19.9 Å². The van der Waals surface area contributed by atoms with E-state index in [-0.39, 0.29) is 0 Å². The molecular formula is C26H18N8. The first-order chi connectivity index (χ1) is 16.7. The van der Waals surface area contributed by atoms with Crippen molar-refractivity contribution in [3.8, 4) is 34.2 Å². The highest BCUT2D eigenvalue weighted by Crippen LogP contribution is 2.23. The van der Waals surface area contributed by atoms with E-state index in [1.807, 2.05) is 54.6 Å². The second-order valence-corrected chi connectivity index (χ2v) is 7.22. The van der Waals surface area contributed by atoms with Crippen LogP contribution >= 0.6 is 0 Å². The molecule has 8 nitrogen and oxygen atoms in total. The van der Waals surface area contributed by atoms with Crippen LogP contribution in [0.1, 0.15) is 11.3 Å². The van der Waals surface area contributed by atoms with Crippen molar-refractivity contribution in [2.45, 2.75) is 0 Å². The Kier molecular flexibility index (Phi) is 5.82. The van der Waals surface area contributed by atoms with Crippen LogP contribution in [0.25, 0.3) is 22.4 Å². The van der Waals surface area contributed by atoms with Crippen LogP contribution in [-0.2, 0) is 0 Å². The zero-order chi connectivity index (χ0) is 23.2. The number of nitrogens with two attached hydrogens (primary N) is 1. The Hall–Kier alpha value is -5.16. The maximum atomic E-state index is 6.11. The molecule has 5 rings (SSSR count). The number of benzene rings is 1. The number of anilines is 3.